The van der Waals surface area contributed by atoms with Crippen LogP contribution >= 0.6 is 0 Å². The second-order valence-electron chi connectivity index (χ2n) is 5.68. The molecule has 1 aromatic heterocycles. The third kappa shape index (κ3) is 4.65. The van der Waals surface area contributed by atoms with E-state index in [0.717, 1.165) is 11.3 Å². The third-order valence-corrected chi connectivity index (χ3v) is 5.16. The Morgan fingerprint density at radius 3 is 2.31 bits per heavy atom. The molecule has 3 rings (SSSR count). The molecule has 1 heterocycles. The van der Waals surface area contributed by atoms with E-state index in [2.05, 4.69) is 14.9 Å². The van der Waals surface area contributed by atoms with Gasteiger partial charge in [-0.25, -0.2) is 13.1 Å². The number of ether oxygens (including phenoxy) is 1. The van der Waals surface area contributed by atoms with Crippen LogP contribution in [0.3, 0.4) is 0 Å². The number of hydrogen-bond donors (Lipinski definition) is 1. The SMILES string of the molecule is Cc1ccc(-c2ccc(OCCNS(=O)(=O)c3ccccc3)nn2)cc1. The molecule has 0 saturated heterocycles. The van der Waals surface area contributed by atoms with Crippen LogP contribution in [-0.4, -0.2) is 31.8 Å². The standard InChI is InChI=1S/C19H19N3O3S/c1-15-7-9-16(10-8-15)18-11-12-19(22-21-18)25-14-13-20-26(23,24)17-5-3-2-4-6-17/h2-12,20H,13-14H2,1H3. The highest BCUT2D eigenvalue weighted by molar-refractivity contribution is 7.89. The van der Waals surface area contributed by atoms with Crippen LogP contribution in [0.15, 0.2) is 71.6 Å². The monoisotopic (exact) mass is 369 g/mol. The molecule has 0 aliphatic carbocycles. The highest BCUT2D eigenvalue weighted by Gasteiger charge is 2.12. The van der Waals surface area contributed by atoms with Gasteiger partial charge in [-0.15, -0.1) is 10.2 Å². The predicted octanol–water partition coefficient (Wildman–Crippen LogP) is 2.81. The van der Waals surface area contributed by atoms with Crippen LogP contribution in [-0.2, 0) is 10.0 Å². The molecule has 26 heavy (non-hydrogen) atoms. The van der Waals surface area contributed by atoms with Crippen molar-refractivity contribution in [1.29, 1.82) is 0 Å². The average molecular weight is 369 g/mol. The van der Waals surface area contributed by atoms with Crippen molar-refractivity contribution < 1.29 is 13.2 Å². The molecular formula is C19H19N3O3S. The summed E-state index contributed by atoms with van der Waals surface area (Å²) in [6.07, 6.45) is 0. The first-order valence-corrected chi connectivity index (χ1v) is 9.61. The summed E-state index contributed by atoms with van der Waals surface area (Å²) in [7, 11) is -3.53. The largest absolute Gasteiger partial charge is 0.475 e. The molecule has 2 aromatic carbocycles. The Kier molecular flexibility index (Phi) is 5.60. The van der Waals surface area contributed by atoms with Crippen molar-refractivity contribution in [3.8, 4) is 17.1 Å². The smallest absolute Gasteiger partial charge is 0.240 e. The first-order chi connectivity index (χ1) is 12.5. The van der Waals surface area contributed by atoms with Crippen LogP contribution in [0.4, 0.5) is 0 Å². The van der Waals surface area contributed by atoms with Gasteiger partial charge in [-0.2, -0.15) is 0 Å². The molecule has 0 atom stereocenters. The molecule has 0 aliphatic rings. The van der Waals surface area contributed by atoms with Crippen LogP contribution in [0.5, 0.6) is 5.88 Å². The van der Waals surface area contributed by atoms with Crippen LogP contribution in [0, 0.1) is 6.92 Å². The molecule has 7 heteroatoms. The number of rotatable bonds is 7. The van der Waals surface area contributed by atoms with Gasteiger partial charge in [0, 0.05) is 18.2 Å². The topological polar surface area (TPSA) is 81.2 Å². The van der Waals surface area contributed by atoms with E-state index in [1.165, 1.54) is 5.56 Å². The Morgan fingerprint density at radius 2 is 1.65 bits per heavy atom. The number of nitrogens with one attached hydrogen (secondary N) is 1. The van der Waals surface area contributed by atoms with Crippen molar-refractivity contribution in [3.63, 3.8) is 0 Å². The minimum absolute atomic E-state index is 0.138. The Morgan fingerprint density at radius 1 is 0.923 bits per heavy atom. The third-order valence-electron chi connectivity index (χ3n) is 3.69. The highest BCUT2D eigenvalue weighted by Crippen LogP contribution is 2.18. The molecule has 3 aromatic rings. The maximum atomic E-state index is 12.1. The van der Waals surface area contributed by atoms with E-state index in [4.69, 9.17) is 4.74 Å². The maximum Gasteiger partial charge on any atom is 0.240 e. The first-order valence-electron chi connectivity index (χ1n) is 8.13. The van der Waals surface area contributed by atoms with Gasteiger partial charge in [0.05, 0.1) is 10.6 Å². The number of hydrogen-bond acceptors (Lipinski definition) is 5. The van der Waals surface area contributed by atoms with Gasteiger partial charge in [-0.1, -0.05) is 48.0 Å². The summed E-state index contributed by atoms with van der Waals surface area (Å²) in [4.78, 5) is 0.224. The lowest BCUT2D eigenvalue weighted by molar-refractivity contribution is 0.307. The molecule has 0 unspecified atom stereocenters. The molecule has 0 saturated carbocycles. The van der Waals surface area contributed by atoms with Gasteiger partial charge in [0.1, 0.15) is 6.61 Å². The van der Waals surface area contributed by atoms with E-state index in [9.17, 15) is 8.42 Å². The molecule has 6 nitrogen and oxygen atoms in total. The highest BCUT2D eigenvalue weighted by atomic mass is 32.2. The second kappa shape index (κ2) is 8.07. The molecule has 0 aliphatic heterocycles. The molecule has 0 radical (unpaired) electrons. The summed E-state index contributed by atoms with van der Waals surface area (Å²) >= 11 is 0. The fourth-order valence-corrected chi connectivity index (χ4v) is 3.32. The van der Waals surface area contributed by atoms with Gasteiger partial charge in [0.15, 0.2) is 0 Å². The van der Waals surface area contributed by atoms with E-state index in [-0.39, 0.29) is 18.0 Å². The van der Waals surface area contributed by atoms with Crippen molar-refractivity contribution >= 4 is 10.0 Å². The molecule has 0 fully saturated rings. The number of aryl methyl sites for hydroxylation is 1. The lowest BCUT2D eigenvalue weighted by Crippen LogP contribution is -2.28. The normalized spacial score (nSPS) is 11.3. The van der Waals surface area contributed by atoms with Crippen molar-refractivity contribution in [2.45, 2.75) is 11.8 Å². The van der Waals surface area contributed by atoms with Crippen LogP contribution < -0.4 is 9.46 Å². The number of benzene rings is 2. The lowest BCUT2D eigenvalue weighted by atomic mass is 10.1. The van der Waals surface area contributed by atoms with Gasteiger partial charge in [0.25, 0.3) is 0 Å². The fraction of sp³-hybridized carbons (Fsp3) is 0.158. The zero-order valence-corrected chi connectivity index (χ0v) is 15.1. The minimum atomic E-state index is -3.53. The van der Waals surface area contributed by atoms with Crippen molar-refractivity contribution in [2.24, 2.45) is 0 Å². The zero-order chi connectivity index (χ0) is 18.4. The van der Waals surface area contributed by atoms with E-state index in [1.807, 2.05) is 37.3 Å². The van der Waals surface area contributed by atoms with Crippen molar-refractivity contribution in [1.82, 2.24) is 14.9 Å². The van der Waals surface area contributed by atoms with Gasteiger partial charge >= 0.3 is 0 Å². The summed E-state index contributed by atoms with van der Waals surface area (Å²) in [6, 6.07) is 19.7. The summed E-state index contributed by atoms with van der Waals surface area (Å²) in [5.74, 6) is 0.347. The van der Waals surface area contributed by atoms with E-state index in [0.29, 0.717) is 5.88 Å². The number of nitrogens with zero attached hydrogens (tertiary/aromatic N) is 2. The summed E-state index contributed by atoms with van der Waals surface area (Å²) in [5, 5.41) is 8.16. The summed E-state index contributed by atoms with van der Waals surface area (Å²) in [5.41, 5.74) is 2.91. The van der Waals surface area contributed by atoms with Crippen molar-refractivity contribution in [2.75, 3.05) is 13.2 Å². The van der Waals surface area contributed by atoms with Gasteiger partial charge in [0.2, 0.25) is 15.9 Å². The maximum absolute atomic E-state index is 12.1. The van der Waals surface area contributed by atoms with Crippen LogP contribution in [0.1, 0.15) is 5.56 Å². The predicted molar refractivity (Wildman–Crippen MR) is 99.3 cm³/mol. The van der Waals surface area contributed by atoms with Crippen molar-refractivity contribution in [3.05, 3.63) is 72.3 Å². The van der Waals surface area contributed by atoms with Gasteiger partial charge in [-0.05, 0) is 25.1 Å². The van der Waals surface area contributed by atoms with Gasteiger partial charge < -0.3 is 4.74 Å². The lowest BCUT2D eigenvalue weighted by Gasteiger charge is -2.08. The average Bonchev–Trinajstić information content (AvgIpc) is 2.67. The Hall–Kier alpha value is -2.77. The van der Waals surface area contributed by atoms with E-state index in [1.54, 1.807) is 36.4 Å². The number of sulfonamides is 1. The summed E-state index contributed by atoms with van der Waals surface area (Å²) < 4.78 is 32.1. The van der Waals surface area contributed by atoms with E-state index >= 15 is 0 Å². The zero-order valence-electron chi connectivity index (χ0n) is 14.3. The van der Waals surface area contributed by atoms with E-state index < -0.39 is 10.0 Å². The Labute approximate surface area is 152 Å². The Bertz CT molecular complexity index is 942. The molecule has 0 amide bonds. The number of aromatic nitrogens is 2. The van der Waals surface area contributed by atoms with Gasteiger partial charge in [-0.3, -0.25) is 0 Å². The molecule has 1 N–H and O–H groups in total. The fourth-order valence-electron chi connectivity index (χ4n) is 2.29. The second-order valence-corrected chi connectivity index (χ2v) is 7.45. The molecule has 0 bridgehead atoms. The molecule has 134 valence electrons. The summed E-state index contributed by atoms with van der Waals surface area (Å²) in [6.45, 7) is 2.32. The Balaban J connectivity index is 1.52. The molecular weight excluding hydrogens is 350 g/mol. The molecule has 0 spiro atoms. The van der Waals surface area contributed by atoms with Crippen LogP contribution in [0.25, 0.3) is 11.3 Å². The first kappa shape index (κ1) is 18.0. The van der Waals surface area contributed by atoms with Crippen LogP contribution in [0.2, 0.25) is 0 Å². The minimum Gasteiger partial charge on any atom is -0.475 e. The quantitative estimate of drug-likeness (QED) is 0.648.